The molecule has 0 unspecified atom stereocenters. The fraction of sp³-hybridized carbons (Fsp3) is 0.677. The Bertz CT molecular complexity index is 787. The summed E-state index contributed by atoms with van der Waals surface area (Å²) in [4.78, 5) is 0. The Hall–Kier alpha value is -1.22. The van der Waals surface area contributed by atoms with Gasteiger partial charge in [-0.2, -0.15) is 0 Å². The van der Waals surface area contributed by atoms with Gasteiger partial charge in [0.05, 0.1) is 18.6 Å². The molecule has 2 aromatic heterocycles. The number of hydrogen-bond acceptors (Lipinski definition) is 4. The molecule has 2 heterocycles. The first kappa shape index (κ1) is 37.8. The van der Waals surface area contributed by atoms with Crippen LogP contribution in [-0.2, 0) is 13.1 Å². The van der Waals surface area contributed by atoms with E-state index >= 15 is 0 Å². The maximum atomic E-state index is 10.1. The molecular formula is C31H52Br2N2O4. The van der Waals surface area contributed by atoms with Gasteiger partial charge in [0.15, 0.2) is 23.9 Å². The van der Waals surface area contributed by atoms with Crippen LogP contribution in [0.25, 0.3) is 0 Å². The molecule has 2 aromatic rings. The van der Waals surface area contributed by atoms with Gasteiger partial charge in [0.2, 0.25) is 12.4 Å². The van der Waals surface area contributed by atoms with Crippen LogP contribution in [0.1, 0.15) is 90.9 Å². The van der Waals surface area contributed by atoms with Crippen molar-refractivity contribution in [3.63, 3.8) is 0 Å². The van der Waals surface area contributed by atoms with Gasteiger partial charge in [0, 0.05) is 25.0 Å². The number of aliphatic hydroxyl groups is 2. The van der Waals surface area contributed by atoms with E-state index in [-0.39, 0.29) is 60.4 Å². The highest BCUT2D eigenvalue weighted by Crippen LogP contribution is 2.21. The molecule has 2 rings (SSSR count). The van der Waals surface area contributed by atoms with Crippen molar-refractivity contribution in [3.05, 3.63) is 49.1 Å². The van der Waals surface area contributed by atoms with E-state index in [4.69, 9.17) is 9.47 Å². The second-order valence-electron chi connectivity index (χ2n) is 10.5. The Labute approximate surface area is 258 Å². The van der Waals surface area contributed by atoms with Crippen LogP contribution in [-0.4, -0.2) is 36.6 Å². The Balaban J connectivity index is 0.00000722. The summed E-state index contributed by atoms with van der Waals surface area (Å²) in [7, 11) is 0. The summed E-state index contributed by atoms with van der Waals surface area (Å²) in [6.07, 6.45) is 23.3. The summed E-state index contributed by atoms with van der Waals surface area (Å²) in [5, 5.41) is 20.2. The Morgan fingerprint density at radius 2 is 1.00 bits per heavy atom. The number of hydrogen-bond donors (Lipinski definition) is 2. The summed E-state index contributed by atoms with van der Waals surface area (Å²) in [5.74, 6) is 1.47. The average Bonchev–Trinajstić information content (AvgIpc) is 2.93. The third-order valence-corrected chi connectivity index (χ3v) is 6.96. The predicted octanol–water partition coefficient (Wildman–Crippen LogP) is -0.581. The number of nitrogens with zero attached hydrogens (tertiary/aromatic N) is 2. The first-order valence-electron chi connectivity index (χ1n) is 14.6. The topological polar surface area (TPSA) is 66.7 Å². The van der Waals surface area contributed by atoms with E-state index in [9.17, 15) is 10.2 Å². The number of aliphatic hydroxyl groups excluding tert-OH is 2. The molecule has 0 aliphatic heterocycles. The van der Waals surface area contributed by atoms with Crippen LogP contribution in [0, 0.1) is 5.41 Å². The van der Waals surface area contributed by atoms with Gasteiger partial charge in [0.1, 0.15) is 26.3 Å². The molecule has 0 aliphatic rings. The van der Waals surface area contributed by atoms with Crippen molar-refractivity contribution in [2.45, 2.75) is 104 Å². The van der Waals surface area contributed by atoms with Crippen molar-refractivity contribution < 1.29 is 62.8 Å². The maximum absolute atomic E-state index is 10.1. The van der Waals surface area contributed by atoms with Gasteiger partial charge in [-0.1, -0.05) is 65.2 Å². The lowest BCUT2D eigenvalue weighted by atomic mass is 9.92. The molecule has 6 nitrogen and oxygen atoms in total. The first-order valence-corrected chi connectivity index (χ1v) is 14.6. The summed E-state index contributed by atoms with van der Waals surface area (Å²) < 4.78 is 16.4. The van der Waals surface area contributed by atoms with Gasteiger partial charge < -0.3 is 53.6 Å². The number of ether oxygens (including phenoxy) is 2. The van der Waals surface area contributed by atoms with Crippen LogP contribution in [0.4, 0.5) is 0 Å². The van der Waals surface area contributed by atoms with Crippen molar-refractivity contribution in [1.29, 1.82) is 0 Å². The number of unbranched alkanes of at least 4 members (excludes halogenated alkanes) is 10. The zero-order valence-electron chi connectivity index (χ0n) is 24.2. The number of aryl methyl sites for hydroxylation is 2. The molecular weight excluding hydrogens is 624 g/mol. The van der Waals surface area contributed by atoms with Gasteiger partial charge in [-0.05, 0) is 25.0 Å². The molecule has 0 spiro atoms. The number of pyridine rings is 2. The van der Waals surface area contributed by atoms with E-state index in [2.05, 4.69) is 35.4 Å². The third kappa shape index (κ3) is 16.0. The molecule has 0 atom stereocenters. The molecule has 2 N–H and O–H groups in total. The highest BCUT2D eigenvalue weighted by Gasteiger charge is 2.32. The summed E-state index contributed by atoms with van der Waals surface area (Å²) >= 11 is 0. The molecule has 0 aliphatic carbocycles. The minimum Gasteiger partial charge on any atom is -1.00 e. The molecule has 0 bridgehead atoms. The first-order chi connectivity index (χ1) is 18.1. The summed E-state index contributed by atoms with van der Waals surface area (Å²) in [5.41, 5.74) is -0.889. The maximum Gasteiger partial charge on any atom is 0.211 e. The van der Waals surface area contributed by atoms with Gasteiger partial charge >= 0.3 is 0 Å². The lowest BCUT2D eigenvalue weighted by molar-refractivity contribution is -0.697. The predicted molar refractivity (Wildman–Crippen MR) is 148 cm³/mol. The molecule has 0 radical (unpaired) electrons. The summed E-state index contributed by atoms with van der Waals surface area (Å²) in [6, 6.07) is 7.80. The van der Waals surface area contributed by atoms with Crippen molar-refractivity contribution >= 4 is 0 Å². The zero-order chi connectivity index (χ0) is 26.6. The second kappa shape index (κ2) is 23.5. The highest BCUT2D eigenvalue weighted by molar-refractivity contribution is 5.14. The standard InChI is InChI=1S/C31H52N2O4.2BrH/c1-3-5-7-9-11-13-19-32-21-15-17-29(23-32)36-27-31(25-34,26-35)28-37-30-18-16-22-33(24-30)20-14-12-10-8-6-4-2;;/h15-18,21-24,34-35H,3-14,19-20,25-28H2,1-2H3;2*1H/q+2;;/p-2. The Morgan fingerprint density at radius 1 is 0.615 bits per heavy atom. The molecule has 0 amide bonds. The van der Waals surface area contributed by atoms with E-state index in [1.165, 1.54) is 64.2 Å². The van der Waals surface area contributed by atoms with Gasteiger partial charge in [0.25, 0.3) is 0 Å². The number of aromatic nitrogens is 2. The van der Waals surface area contributed by atoms with Crippen molar-refractivity contribution in [2.24, 2.45) is 5.41 Å². The van der Waals surface area contributed by atoms with E-state index in [1.807, 2.05) is 36.7 Å². The van der Waals surface area contributed by atoms with Crippen LogP contribution in [0.5, 0.6) is 11.5 Å². The lowest BCUT2D eigenvalue weighted by Crippen LogP contribution is -3.00. The van der Waals surface area contributed by atoms with Crippen LogP contribution in [0.2, 0.25) is 0 Å². The lowest BCUT2D eigenvalue weighted by Gasteiger charge is -2.29. The van der Waals surface area contributed by atoms with Crippen molar-refractivity contribution in [3.8, 4) is 11.5 Å². The molecule has 0 aromatic carbocycles. The van der Waals surface area contributed by atoms with Crippen LogP contribution >= 0.6 is 0 Å². The number of halogens is 2. The molecule has 39 heavy (non-hydrogen) atoms. The van der Waals surface area contributed by atoms with Gasteiger partial charge in [-0.15, -0.1) is 0 Å². The van der Waals surface area contributed by atoms with Crippen molar-refractivity contribution in [1.82, 2.24) is 0 Å². The zero-order valence-corrected chi connectivity index (χ0v) is 27.4. The second-order valence-corrected chi connectivity index (χ2v) is 10.5. The Kier molecular flexibility index (Phi) is 22.7. The van der Waals surface area contributed by atoms with E-state index < -0.39 is 5.41 Å². The minimum absolute atomic E-state index is 0. The third-order valence-electron chi connectivity index (χ3n) is 6.96. The fourth-order valence-corrected chi connectivity index (χ4v) is 4.34. The van der Waals surface area contributed by atoms with E-state index in [0.717, 1.165) is 37.4 Å². The fourth-order valence-electron chi connectivity index (χ4n) is 4.34. The summed E-state index contributed by atoms with van der Waals surface area (Å²) in [6.45, 7) is 6.30. The van der Waals surface area contributed by atoms with E-state index in [0.29, 0.717) is 0 Å². The van der Waals surface area contributed by atoms with Gasteiger partial charge in [-0.25, -0.2) is 9.13 Å². The molecule has 0 saturated heterocycles. The normalized spacial score (nSPS) is 11.0. The highest BCUT2D eigenvalue weighted by atomic mass is 79.9. The smallest absolute Gasteiger partial charge is 0.211 e. The average molecular weight is 677 g/mol. The monoisotopic (exact) mass is 674 g/mol. The SMILES string of the molecule is CCCCCCCC[n+]1cccc(OCC(CO)(CO)COc2ccc[n+](CCCCCCCC)c2)c1.[Br-].[Br-]. The van der Waals surface area contributed by atoms with Crippen LogP contribution in [0.3, 0.4) is 0 Å². The number of rotatable bonds is 22. The van der Waals surface area contributed by atoms with Crippen LogP contribution < -0.4 is 52.6 Å². The van der Waals surface area contributed by atoms with E-state index in [1.54, 1.807) is 0 Å². The molecule has 8 heteroatoms. The van der Waals surface area contributed by atoms with Crippen LogP contribution in [0.15, 0.2) is 49.1 Å². The molecule has 0 saturated carbocycles. The van der Waals surface area contributed by atoms with Gasteiger partial charge in [-0.3, -0.25) is 0 Å². The molecule has 224 valence electrons. The Morgan fingerprint density at radius 3 is 1.38 bits per heavy atom. The quantitative estimate of drug-likeness (QED) is 0.130. The minimum atomic E-state index is -0.889. The van der Waals surface area contributed by atoms with Crippen molar-refractivity contribution in [2.75, 3.05) is 26.4 Å². The molecule has 0 fully saturated rings. The largest absolute Gasteiger partial charge is 1.00 e.